The lowest BCUT2D eigenvalue weighted by Gasteiger charge is -2.31. The molecule has 0 spiro atoms. The van der Waals surface area contributed by atoms with Crippen molar-refractivity contribution in [3.8, 4) is 0 Å². The highest BCUT2D eigenvalue weighted by Gasteiger charge is 2.24. The van der Waals surface area contributed by atoms with Crippen molar-refractivity contribution in [2.75, 3.05) is 39.3 Å². The van der Waals surface area contributed by atoms with Gasteiger partial charge in [0.05, 0.1) is 0 Å². The third kappa shape index (κ3) is 4.74. The Morgan fingerprint density at radius 2 is 1.88 bits per heavy atom. The number of benzene rings is 1. The number of carbonyl (C=O) groups excluding carboxylic acids is 2. The second kappa shape index (κ2) is 8.19. The molecule has 1 aromatic carbocycles. The number of nitrogens with zero attached hydrogens (tertiary/aromatic N) is 2. The van der Waals surface area contributed by atoms with Crippen LogP contribution in [0.3, 0.4) is 0 Å². The van der Waals surface area contributed by atoms with Gasteiger partial charge in [-0.2, -0.15) is 0 Å². The molecule has 0 radical (unpaired) electrons. The highest BCUT2D eigenvalue weighted by Crippen LogP contribution is 2.13. The minimum Gasteiger partial charge on any atom is -0.339 e. The zero-order valence-corrected chi connectivity index (χ0v) is 14.0. The van der Waals surface area contributed by atoms with Gasteiger partial charge >= 0.3 is 0 Å². The van der Waals surface area contributed by atoms with Gasteiger partial charge in [0.1, 0.15) is 6.54 Å². The number of amides is 2. The van der Waals surface area contributed by atoms with Crippen molar-refractivity contribution in [1.29, 1.82) is 0 Å². The van der Waals surface area contributed by atoms with Crippen LogP contribution in [0.5, 0.6) is 0 Å². The van der Waals surface area contributed by atoms with Crippen LogP contribution < -0.4 is 5.32 Å². The van der Waals surface area contributed by atoms with Crippen molar-refractivity contribution in [2.45, 2.75) is 13.8 Å². The van der Waals surface area contributed by atoms with E-state index < -0.39 is 17.5 Å². The summed E-state index contributed by atoms with van der Waals surface area (Å²) in [7, 11) is 0. The van der Waals surface area contributed by atoms with E-state index in [0.717, 1.165) is 25.2 Å². The molecular weight excluding hydrogens is 316 g/mol. The van der Waals surface area contributed by atoms with Crippen LogP contribution >= 0.6 is 0 Å². The molecule has 0 bridgehead atoms. The van der Waals surface area contributed by atoms with Crippen LogP contribution in [-0.2, 0) is 4.79 Å². The van der Waals surface area contributed by atoms with Crippen molar-refractivity contribution in [1.82, 2.24) is 15.1 Å². The molecule has 1 fully saturated rings. The molecule has 0 aromatic heterocycles. The topological polar surface area (TPSA) is 52.7 Å². The molecule has 132 valence electrons. The van der Waals surface area contributed by atoms with Gasteiger partial charge in [-0.25, -0.2) is 8.78 Å². The zero-order valence-electron chi connectivity index (χ0n) is 14.0. The van der Waals surface area contributed by atoms with Gasteiger partial charge in [-0.15, -0.1) is 0 Å². The van der Waals surface area contributed by atoms with Crippen LogP contribution in [0.15, 0.2) is 18.2 Å². The Hall–Kier alpha value is -2.02. The number of hydrogen-bond acceptors (Lipinski definition) is 3. The molecule has 2 rings (SSSR count). The van der Waals surface area contributed by atoms with Crippen molar-refractivity contribution in [2.24, 2.45) is 5.92 Å². The van der Waals surface area contributed by atoms with E-state index >= 15 is 0 Å². The Kier molecular flexibility index (Phi) is 6.25. The van der Waals surface area contributed by atoms with Crippen LogP contribution in [0.25, 0.3) is 0 Å². The normalized spacial score (nSPS) is 14.8. The highest BCUT2D eigenvalue weighted by molar-refractivity contribution is 5.96. The maximum Gasteiger partial charge on any atom is 0.254 e. The largest absolute Gasteiger partial charge is 0.339 e. The van der Waals surface area contributed by atoms with Crippen LogP contribution in [0.1, 0.15) is 24.2 Å². The lowest BCUT2D eigenvalue weighted by Crippen LogP contribution is -2.50. The molecule has 0 saturated carbocycles. The molecule has 1 heterocycles. The lowest BCUT2D eigenvalue weighted by molar-refractivity contribution is -0.132. The van der Waals surface area contributed by atoms with E-state index in [1.807, 2.05) is 13.8 Å². The number of rotatable bonds is 5. The molecule has 1 saturated heterocycles. The molecule has 24 heavy (non-hydrogen) atoms. The first kappa shape index (κ1) is 18.3. The number of nitrogens with one attached hydrogen (secondary N) is 1. The fourth-order valence-corrected chi connectivity index (χ4v) is 2.65. The van der Waals surface area contributed by atoms with E-state index in [1.54, 1.807) is 4.90 Å². The number of piperazine rings is 1. The second-order valence-corrected chi connectivity index (χ2v) is 6.34. The van der Waals surface area contributed by atoms with Crippen LogP contribution in [0.4, 0.5) is 8.78 Å². The molecule has 1 N–H and O–H groups in total. The molecule has 0 aliphatic carbocycles. The quantitative estimate of drug-likeness (QED) is 0.884. The summed E-state index contributed by atoms with van der Waals surface area (Å²) in [6.45, 7) is 6.84. The molecule has 2 amide bonds. The van der Waals surface area contributed by atoms with Gasteiger partial charge in [0, 0.05) is 38.3 Å². The Morgan fingerprint density at radius 1 is 1.21 bits per heavy atom. The SMILES string of the molecule is CC(C)CN(CC(=O)N1CCNCC1)C(=O)c1ccc(F)c(F)c1. The van der Waals surface area contributed by atoms with Gasteiger partial charge in [-0.05, 0) is 24.1 Å². The summed E-state index contributed by atoms with van der Waals surface area (Å²) in [5.41, 5.74) is 0.0441. The van der Waals surface area contributed by atoms with Gasteiger partial charge in [-0.1, -0.05) is 13.8 Å². The predicted molar refractivity (Wildman–Crippen MR) is 86.5 cm³/mol. The van der Waals surface area contributed by atoms with Gasteiger partial charge in [-0.3, -0.25) is 9.59 Å². The summed E-state index contributed by atoms with van der Waals surface area (Å²) in [6.07, 6.45) is 0. The fraction of sp³-hybridized carbons (Fsp3) is 0.529. The summed E-state index contributed by atoms with van der Waals surface area (Å²) in [5.74, 6) is -2.52. The van der Waals surface area contributed by atoms with E-state index in [9.17, 15) is 18.4 Å². The molecule has 5 nitrogen and oxygen atoms in total. The molecule has 0 unspecified atom stereocenters. The monoisotopic (exact) mass is 339 g/mol. The third-order valence-corrected chi connectivity index (χ3v) is 3.84. The minimum absolute atomic E-state index is 0.0441. The van der Waals surface area contributed by atoms with Gasteiger partial charge in [0.25, 0.3) is 5.91 Å². The van der Waals surface area contributed by atoms with Crippen molar-refractivity contribution >= 4 is 11.8 Å². The Bertz CT molecular complexity index is 601. The first-order valence-corrected chi connectivity index (χ1v) is 8.11. The first-order valence-electron chi connectivity index (χ1n) is 8.11. The van der Waals surface area contributed by atoms with E-state index in [0.29, 0.717) is 19.6 Å². The van der Waals surface area contributed by atoms with E-state index in [1.165, 1.54) is 11.0 Å². The molecule has 0 atom stereocenters. The molecule has 1 aliphatic rings. The summed E-state index contributed by atoms with van der Waals surface area (Å²) < 4.78 is 26.5. The van der Waals surface area contributed by atoms with E-state index in [-0.39, 0.29) is 23.9 Å². The summed E-state index contributed by atoms with van der Waals surface area (Å²) in [5, 5.41) is 3.16. The standard InChI is InChI=1S/C17H23F2N3O2/c1-12(2)10-22(11-16(23)21-7-5-20-6-8-21)17(24)13-3-4-14(18)15(19)9-13/h3-4,9,12,20H,5-8,10-11H2,1-2H3. The van der Waals surface area contributed by atoms with Crippen LogP contribution in [-0.4, -0.2) is 60.9 Å². The Morgan fingerprint density at radius 3 is 2.46 bits per heavy atom. The van der Waals surface area contributed by atoms with Gasteiger partial charge in [0.15, 0.2) is 11.6 Å². The average molecular weight is 339 g/mol. The fourth-order valence-electron chi connectivity index (χ4n) is 2.65. The zero-order chi connectivity index (χ0) is 17.7. The number of carbonyl (C=O) groups is 2. The maximum atomic E-state index is 13.4. The number of halogens is 2. The molecular formula is C17H23F2N3O2. The lowest BCUT2D eigenvalue weighted by atomic mass is 10.1. The Labute approximate surface area is 140 Å². The average Bonchev–Trinajstić information content (AvgIpc) is 2.56. The van der Waals surface area contributed by atoms with Crippen LogP contribution in [0.2, 0.25) is 0 Å². The maximum absolute atomic E-state index is 13.4. The summed E-state index contributed by atoms with van der Waals surface area (Å²) in [6, 6.07) is 3.04. The molecule has 7 heteroatoms. The van der Waals surface area contributed by atoms with E-state index in [4.69, 9.17) is 0 Å². The van der Waals surface area contributed by atoms with Gasteiger partial charge < -0.3 is 15.1 Å². The van der Waals surface area contributed by atoms with Crippen molar-refractivity contribution in [3.05, 3.63) is 35.4 Å². The van der Waals surface area contributed by atoms with Gasteiger partial charge in [0.2, 0.25) is 5.91 Å². The predicted octanol–water partition coefficient (Wildman–Crippen LogP) is 1.49. The first-order chi connectivity index (χ1) is 11.4. The third-order valence-electron chi connectivity index (χ3n) is 3.84. The minimum atomic E-state index is -1.07. The van der Waals surface area contributed by atoms with Crippen LogP contribution in [0, 0.1) is 17.6 Å². The smallest absolute Gasteiger partial charge is 0.254 e. The molecule has 1 aliphatic heterocycles. The van der Waals surface area contributed by atoms with Crippen molar-refractivity contribution in [3.63, 3.8) is 0 Å². The van der Waals surface area contributed by atoms with Crippen molar-refractivity contribution < 1.29 is 18.4 Å². The van der Waals surface area contributed by atoms with E-state index in [2.05, 4.69) is 5.32 Å². The summed E-state index contributed by atoms with van der Waals surface area (Å²) in [4.78, 5) is 28.1. The summed E-state index contributed by atoms with van der Waals surface area (Å²) >= 11 is 0. The number of hydrogen-bond donors (Lipinski definition) is 1. The second-order valence-electron chi connectivity index (χ2n) is 6.34. The Balaban J connectivity index is 2.12. The highest BCUT2D eigenvalue weighted by atomic mass is 19.2. The molecule has 1 aromatic rings.